The molecule has 1 fully saturated rings. The summed E-state index contributed by atoms with van der Waals surface area (Å²) >= 11 is 0. The Labute approximate surface area is 137 Å². The molecule has 0 saturated carbocycles. The summed E-state index contributed by atoms with van der Waals surface area (Å²) in [6.07, 6.45) is -5.40. The van der Waals surface area contributed by atoms with Gasteiger partial charge in [-0.2, -0.15) is 13.2 Å². The van der Waals surface area contributed by atoms with Crippen molar-refractivity contribution in [3.63, 3.8) is 0 Å². The molecule has 1 atom stereocenters. The van der Waals surface area contributed by atoms with Crippen molar-refractivity contribution < 1.29 is 27.1 Å². The Morgan fingerprint density at radius 1 is 1.29 bits per heavy atom. The summed E-state index contributed by atoms with van der Waals surface area (Å²) in [5.74, 6) is -0.973. The molecule has 1 aliphatic rings. The molecule has 4 nitrogen and oxygen atoms in total. The Morgan fingerprint density at radius 2 is 1.96 bits per heavy atom. The number of carbonyl (C=O) groups is 1. The van der Waals surface area contributed by atoms with Gasteiger partial charge in [-0.05, 0) is 38.5 Å². The van der Waals surface area contributed by atoms with Gasteiger partial charge in [0.25, 0.3) is 0 Å². The third kappa shape index (κ3) is 4.37. The summed E-state index contributed by atoms with van der Waals surface area (Å²) in [6, 6.07) is 1.61. The molecule has 1 saturated heterocycles. The van der Waals surface area contributed by atoms with E-state index in [2.05, 4.69) is 5.32 Å². The molecule has 1 aliphatic heterocycles. The first-order valence-corrected chi connectivity index (χ1v) is 7.56. The van der Waals surface area contributed by atoms with E-state index in [9.17, 15) is 22.4 Å². The number of alkyl halides is 3. The second-order valence-corrected chi connectivity index (χ2v) is 6.62. The molecule has 0 bridgehead atoms. The molecule has 1 unspecified atom stereocenters. The Balaban J connectivity index is 2.39. The highest BCUT2D eigenvalue weighted by atomic mass is 19.4. The van der Waals surface area contributed by atoms with E-state index in [1.165, 1.54) is 4.90 Å². The largest absolute Gasteiger partial charge is 0.444 e. The molecule has 1 heterocycles. The van der Waals surface area contributed by atoms with Gasteiger partial charge < -0.3 is 10.1 Å². The van der Waals surface area contributed by atoms with Crippen molar-refractivity contribution in [1.29, 1.82) is 0 Å². The Hall–Kier alpha value is -1.83. The first-order valence-electron chi connectivity index (χ1n) is 7.56. The molecular formula is C16H20F4N2O2. The van der Waals surface area contributed by atoms with Gasteiger partial charge in [0, 0.05) is 19.6 Å². The van der Waals surface area contributed by atoms with Gasteiger partial charge in [0.1, 0.15) is 11.4 Å². The monoisotopic (exact) mass is 348 g/mol. The minimum atomic E-state index is -4.71. The molecule has 1 amide bonds. The number of hydrogen-bond donors (Lipinski definition) is 1. The minimum absolute atomic E-state index is 0.133. The molecule has 1 aromatic rings. The third-order valence-corrected chi connectivity index (χ3v) is 3.55. The van der Waals surface area contributed by atoms with Gasteiger partial charge in [0.05, 0.1) is 11.6 Å². The number of amides is 1. The first kappa shape index (κ1) is 18.5. The molecule has 134 valence electrons. The van der Waals surface area contributed by atoms with E-state index >= 15 is 0 Å². The minimum Gasteiger partial charge on any atom is -0.444 e. The van der Waals surface area contributed by atoms with E-state index in [1.807, 2.05) is 0 Å². The number of halogens is 4. The van der Waals surface area contributed by atoms with E-state index in [0.717, 1.165) is 12.1 Å². The molecule has 0 aliphatic carbocycles. The summed E-state index contributed by atoms with van der Waals surface area (Å²) in [4.78, 5) is 13.6. The van der Waals surface area contributed by atoms with E-state index in [4.69, 9.17) is 4.74 Å². The third-order valence-electron chi connectivity index (χ3n) is 3.55. The van der Waals surface area contributed by atoms with E-state index in [1.54, 1.807) is 20.8 Å². The highest BCUT2D eigenvalue weighted by Crippen LogP contribution is 2.37. The SMILES string of the molecule is CC(C)(C)OC(=O)N1CCNCC1c1ccc(F)cc1C(F)(F)F. The lowest BCUT2D eigenvalue weighted by Gasteiger charge is -2.38. The number of carbonyl (C=O) groups excluding carboxylic acids is 1. The van der Waals surface area contributed by atoms with Crippen LogP contribution in [0.5, 0.6) is 0 Å². The van der Waals surface area contributed by atoms with Crippen molar-refractivity contribution in [2.24, 2.45) is 0 Å². The zero-order valence-electron chi connectivity index (χ0n) is 13.7. The maximum absolute atomic E-state index is 13.3. The normalized spacial score (nSPS) is 19.3. The molecule has 0 radical (unpaired) electrons. The predicted octanol–water partition coefficient (Wildman–Crippen LogP) is 3.73. The van der Waals surface area contributed by atoms with Crippen LogP contribution in [0.1, 0.15) is 37.9 Å². The van der Waals surface area contributed by atoms with Gasteiger partial charge in [0.15, 0.2) is 0 Å². The number of hydrogen-bond acceptors (Lipinski definition) is 3. The maximum atomic E-state index is 13.3. The number of nitrogens with zero attached hydrogens (tertiary/aromatic N) is 1. The van der Waals surface area contributed by atoms with Crippen molar-refractivity contribution in [2.75, 3.05) is 19.6 Å². The smallest absolute Gasteiger partial charge is 0.416 e. The van der Waals surface area contributed by atoms with Gasteiger partial charge in [0.2, 0.25) is 0 Å². The second-order valence-electron chi connectivity index (χ2n) is 6.62. The summed E-state index contributed by atoms with van der Waals surface area (Å²) in [5, 5.41) is 2.96. The molecular weight excluding hydrogens is 328 g/mol. The fourth-order valence-electron chi connectivity index (χ4n) is 2.59. The number of benzene rings is 1. The van der Waals surface area contributed by atoms with Crippen LogP contribution in [0.3, 0.4) is 0 Å². The second kappa shape index (κ2) is 6.58. The van der Waals surface area contributed by atoms with Crippen LogP contribution in [0.15, 0.2) is 18.2 Å². The lowest BCUT2D eigenvalue weighted by atomic mass is 9.97. The maximum Gasteiger partial charge on any atom is 0.416 e. The topological polar surface area (TPSA) is 41.6 Å². The molecule has 24 heavy (non-hydrogen) atoms. The molecule has 1 aromatic carbocycles. The zero-order chi connectivity index (χ0) is 18.1. The number of ether oxygens (including phenoxy) is 1. The molecule has 2 rings (SSSR count). The first-order chi connectivity index (χ1) is 11.0. The van der Waals surface area contributed by atoms with Gasteiger partial charge in [-0.3, -0.25) is 4.90 Å². The predicted molar refractivity (Wildman–Crippen MR) is 80.0 cm³/mol. The van der Waals surface area contributed by atoms with Crippen molar-refractivity contribution in [3.05, 3.63) is 35.1 Å². The molecule has 1 N–H and O–H groups in total. The van der Waals surface area contributed by atoms with Crippen LogP contribution in [0, 0.1) is 5.82 Å². The zero-order valence-corrected chi connectivity index (χ0v) is 13.7. The van der Waals surface area contributed by atoms with E-state index < -0.39 is 35.3 Å². The van der Waals surface area contributed by atoms with E-state index in [0.29, 0.717) is 12.6 Å². The number of rotatable bonds is 1. The number of nitrogens with one attached hydrogen (secondary N) is 1. The standard InChI is InChI=1S/C16H20F4N2O2/c1-15(2,3)24-14(23)22-7-6-21-9-13(22)11-5-4-10(17)8-12(11)16(18,19)20/h4-5,8,13,21H,6-7,9H2,1-3H3. The molecule has 0 spiro atoms. The number of piperazine rings is 1. The Morgan fingerprint density at radius 3 is 2.54 bits per heavy atom. The Bertz CT molecular complexity index is 611. The van der Waals surface area contributed by atoms with Crippen LogP contribution < -0.4 is 5.32 Å². The van der Waals surface area contributed by atoms with Crippen LogP contribution >= 0.6 is 0 Å². The average molecular weight is 348 g/mol. The van der Waals surface area contributed by atoms with E-state index in [-0.39, 0.29) is 18.7 Å². The van der Waals surface area contributed by atoms with Gasteiger partial charge in [-0.25, -0.2) is 9.18 Å². The summed E-state index contributed by atoms with van der Waals surface area (Å²) in [7, 11) is 0. The van der Waals surface area contributed by atoms with Crippen LogP contribution in [-0.4, -0.2) is 36.2 Å². The fourth-order valence-corrected chi connectivity index (χ4v) is 2.59. The highest BCUT2D eigenvalue weighted by molar-refractivity contribution is 5.69. The van der Waals surface area contributed by atoms with Crippen molar-refractivity contribution in [2.45, 2.75) is 38.6 Å². The van der Waals surface area contributed by atoms with Crippen LogP contribution in [0.4, 0.5) is 22.4 Å². The quantitative estimate of drug-likeness (QED) is 0.787. The van der Waals surface area contributed by atoms with Gasteiger partial charge in [-0.15, -0.1) is 0 Å². The lowest BCUT2D eigenvalue weighted by Crippen LogP contribution is -2.50. The molecule has 0 aromatic heterocycles. The van der Waals surface area contributed by atoms with Gasteiger partial charge in [-0.1, -0.05) is 6.07 Å². The summed E-state index contributed by atoms with van der Waals surface area (Å²) < 4.78 is 58.4. The van der Waals surface area contributed by atoms with Crippen LogP contribution in [-0.2, 0) is 10.9 Å². The fraction of sp³-hybridized carbons (Fsp3) is 0.562. The van der Waals surface area contributed by atoms with Crippen LogP contribution in [0.25, 0.3) is 0 Å². The summed E-state index contributed by atoms with van der Waals surface area (Å²) in [6.45, 7) is 5.82. The van der Waals surface area contributed by atoms with Gasteiger partial charge >= 0.3 is 12.3 Å². The summed E-state index contributed by atoms with van der Waals surface area (Å²) in [5.41, 5.74) is -1.99. The highest BCUT2D eigenvalue weighted by Gasteiger charge is 2.39. The Kier molecular flexibility index (Phi) is 5.08. The molecule has 8 heteroatoms. The average Bonchev–Trinajstić information content (AvgIpc) is 2.44. The lowest BCUT2D eigenvalue weighted by molar-refractivity contribution is -0.139. The van der Waals surface area contributed by atoms with Crippen molar-refractivity contribution >= 4 is 6.09 Å². The van der Waals surface area contributed by atoms with Crippen molar-refractivity contribution in [3.8, 4) is 0 Å². The van der Waals surface area contributed by atoms with Crippen LogP contribution in [0.2, 0.25) is 0 Å². The van der Waals surface area contributed by atoms with Crippen molar-refractivity contribution in [1.82, 2.24) is 10.2 Å².